The molecule has 0 aliphatic rings. The van der Waals surface area contributed by atoms with Gasteiger partial charge in [0.1, 0.15) is 29.1 Å². The van der Waals surface area contributed by atoms with Crippen molar-refractivity contribution in [1.29, 1.82) is 0 Å². The predicted molar refractivity (Wildman–Crippen MR) is 121 cm³/mol. The highest BCUT2D eigenvalue weighted by molar-refractivity contribution is 5.84. The number of ether oxygens (including phenoxy) is 1. The van der Waals surface area contributed by atoms with Crippen LogP contribution in [0.4, 0.5) is 22.0 Å². The summed E-state index contributed by atoms with van der Waals surface area (Å²) in [5.41, 5.74) is 0.586. The van der Waals surface area contributed by atoms with Crippen LogP contribution in [0.5, 0.6) is 0 Å². The molecule has 0 aliphatic heterocycles. The van der Waals surface area contributed by atoms with Gasteiger partial charge in [-0.2, -0.15) is 0 Å². The van der Waals surface area contributed by atoms with Crippen LogP contribution >= 0.6 is 0 Å². The van der Waals surface area contributed by atoms with Crippen LogP contribution in [0.2, 0.25) is 0 Å². The molecule has 0 unspecified atom stereocenters. The van der Waals surface area contributed by atoms with E-state index in [1.807, 2.05) is 0 Å². The van der Waals surface area contributed by atoms with Gasteiger partial charge >= 0.3 is 0 Å². The molecule has 172 valence electrons. The van der Waals surface area contributed by atoms with Gasteiger partial charge in [0.15, 0.2) is 0 Å². The molecule has 0 aromatic heterocycles. The van der Waals surface area contributed by atoms with Crippen molar-refractivity contribution in [1.82, 2.24) is 0 Å². The lowest BCUT2D eigenvalue weighted by Crippen LogP contribution is -2.03. The highest BCUT2D eigenvalue weighted by atomic mass is 19.1. The molecule has 0 saturated heterocycles. The fourth-order valence-electron chi connectivity index (χ4n) is 3.73. The molecule has 0 radical (unpaired) electrons. The number of hydrogen-bond acceptors (Lipinski definition) is 1. The van der Waals surface area contributed by atoms with Gasteiger partial charge in [-0.25, -0.2) is 22.0 Å². The van der Waals surface area contributed by atoms with Gasteiger partial charge < -0.3 is 4.74 Å². The van der Waals surface area contributed by atoms with Gasteiger partial charge in [-0.15, -0.1) is 0 Å². The van der Waals surface area contributed by atoms with E-state index in [4.69, 9.17) is 4.74 Å². The number of hydrogen-bond donors (Lipinski definition) is 0. The van der Waals surface area contributed by atoms with Crippen LogP contribution in [0.25, 0.3) is 10.8 Å². The van der Waals surface area contributed by atoms with E-state index in [9.17, 15) is 22.0 Å². The van der Waals surface area contributed by atoms with Crippen LogP contribution in [0.1, 0.15) is 27.8 Å². The largest absolute Gasteiger partial charge is 0.380 e. The summed E-state index contributed by atoms with van der Waals surface area (Å²) in [7, 11) is 1.42. The Bertz CT molecular complexity index is 1390. The molecule has 0 N–H and O–H groups in total. The fraction of sp³-hybridized carbons (Fsp3) is 0.143. The standard InChI is InChI=1S/C28H19F5O/c1-34-16-19-13-27(32)24(28(33)14-19)9-4-18-11-25(30)23(26(31)12-18)8-3-17-2-5-21-15-22(29)7-6-20(21)10-17/h2,5-7,10-15H,4,9,16H2,1H3. The first-order chi connectivity index (χ1) is 16.3. The van der Waals surface area contributed by atoms with Crippen molar-refractivity contribution in [2.45, 2.75) is 19.4 Å². The summed E-state index contributed by atoms with van der Waals surface area (Å²) in [5, 5.41) is 1.44. The molecule has 0 fully saturated rings. The summed E-state index contributed by atoms with van der Waals surface area (Å²) >= 11 is 0. The van der Waals surface area contributed by atoms with Crippen molar-refractivity contribution in [3.05, 3.63) is 118 Å². The van der Waals surface area contributed by atoms with Crippen LogP contribution in [-0.2, 0) is 24.2 Å². The van der Waals surface area contributed by atoms with E-state index in [0.717, 1.165) is 17.5 Å². The van der Waals surface area contributed by atoms with Crippen LogP contribution in [-0.4, -0.2) is 7.11 Å². The molecule has 0 spiro atoms. The molecule has 0 atom stereocenters. The first-order valence-electron chi connectivity index (χ1n) is 10.5. The number of aryl methyl sites for hydroxylation is 1. The highest BCUT2D eigenvalue weighted by Crippen LogP contribution is 2.21. The SMILES string of the molecule is COCc1cc(F)c(CCc2cc(F)c(C#Cc3ccc4cc(F)ccc4c3)c(F)c2)c(F)c1. The van der Waals surface area contributed by atoms with Crippen LogP contribution in [0, 0.1) is 40.9 Å². The van der Waals surface area contributed by atoms with Crippen molar-refractivity contribution in [2.75, 3.05) is 7.11 Å². The monoisotopic (exact) mass is 466 g/mol. The number of halogens is 5. The molecule has 0 bridgehead atoms. The molecule has 4 aromatic rings. The molecule has 4 rings (SSSR count). The molecular formula is C28H19F5O. The van der Waals surface area contributed by atoms with Crippen LogP contribution in [0.3, 0.4) is 0 Å². The topological polar surface area (TPSA) is 9.23 Å². The summed E-state index contributed by atoms with van der Waals surface area (Å²) < 4.78 is 75.9. The maximum absolute atomic E-state index is 14.6. The minimum absolute atomic E-state index is 0.0419. The zero-order chi connectivity index (χ0) is 24.2. The highest BCUT2D eigenvalue weighted by Gasteiger charge is 2.14. The smallest absolute Gasteiger partial charge is 0.142 e. The summed E-state index contributed by atoms with van der Waals surface area (Å²) in [4.78, 5) is 0. The third-order valence-electron chi connectivity index (χ3n) is 5.41. The summed E-state index contributed by atoms with van der Waals surface area (Å²) in [6.45, 7) is 0.0742. The quantitative estimate of drug-likeness (QED) is 0.231. The fourth-order valence-corrected chi connectivity index (χ4v) is 3.73. The van der Waals surface area contributed by atoms with Crippen molar-refractivity contribution < 1.29 is 26.7 Å². The van der Waals surface area contributed by atoms with Crippen molar-refractivity contribution >= 4 is 10.8 Å². The number of rotatable bonds is 5. The average Bonchev–Trinajstić information content (AvgIpc) is 2.78. The normalized spacial score (nSPS) is 10.9. The van der Waals surface area contributed by atoms with Crippen molar-refractivity contribution in [3.63, 3.8) is 0 Å². The van der Waals surface area contributed by atoms with Gasteiger partial charge in [0, 0.05) is 18.2 Å². The van der Waals surface area contributed by atoms with Crippen LogP contribution in [0.15, 0.2) is 60.7 Å². The summed E-state index contributed by atoms with van der Waals surface area (Å²) in [6.07, 6.45) is -0.0211. The second-order valence-electron chi connectivity index (χ2n) is 7.86. The number of benzene rings is 4. The Morgan fingerprint density at radius 1 is 0.647 bits per heavy atom. The van der Waals surface area contributed by atoms with Gasteiger partial charge in [-0.1, -0.05) is 24.0 Å². The van der Waals surface area contributed by atoms with Gasteiger partial charge in [0.25, 0.3) is 0 Å². The molecule has 34 heavy (non-hydrogen) atoms. The lowest BCUT2D eigenvalue weighted by atomic mass is 10.0. The van der Waals surface area contributed by atoms with E-state index in [0.29, 0.717) is 16.5 Å². The number of fused-ring (bicyclic) bond motifs is 1. The van der Waals surface area contributed by atoms with Crippen molar-refractivity contribution in [3.8, 4) is 11.8 Å². The molecule has 0 heterocycles. The van der Waals surface area contributed by atoms with Gasteiger partial charge in [-0.3, -0.25) is 0 Å². The summed E-state index contributed by atoms with van der Waals surface area (Å²) in [6, 6.07) is 13.9. The zero-order valence-corrected chi connectivity index (χ0v) is 18.2. The lowest BCUT2D eigenvalue weighted by molar-refractivity contribution is 0.184. The van der Waals surface area contributed by atoms with E-state index < -0.39 is 28.8 Å². The Balaban J connectivity index is 1.53. The Hall–Kier alpha value is -3.69. The van der Waals surface area contributed by atoms with E-state index in [1.54, 1.807) is 24.3 Å². The third-order valence-corrected chi connectivity index (χ3v) is 5.41. The zero-order valence-electron chi connectivity index (χ0n) is 18.2. The molecular weight excluding hydrogens is 447 g/mol. The van der Waals surface area contributed by atoms with Gasteiger partial charge in [0.2, 0.25) is 0 Å². The van der Waals surface area contributed by atoms with E-state index in [1.165, 1.54) is 31.4 Å². The maximum Gasteiger partial charge on any atom is 0.142 e. The maximum atomic E-state index is 14.6. The van der Waals surface area contributed by atoms with Crippen molar-refractivity contribution in [2.24, 2.45) is 0 Å². The average molecular weight is 466 g/mol. The van der Waals surface area contributed by atoms with E-state index in [-0.39, 0.29) is 36.4 Å². The minimum atomic E-state index is -0.859. The first kappa shape index (κ1) is 23.5. The minimum Gasteiger partial charge on any atom is -0.380 e. The Kier molecular flexibility index (Phi) is 6.95. The predicted octanol–water partition coefficient (Wildman–Crippen LogP) is 6.87. The molecule has 6 heteroatoms. The Labute approximate surface area is 193 Å². The third kappa shape index (κ3) is 5.27. The van der Waals surface area contributed by atoms with E-state index >= 15 is 0 Å². The summed E-state index contributed by atoms with van der Waals surface area (Å²) in [5.74, 6) is 1.70. The molecule has 0 aliphatic carbocycles. The molecule has 4 aromatic carbocycles. The van der Waals surface area contributed by atoms with Crippen LogP contribution < -0.4 is 0 Å². The number of methoxy groups -OCH3 is 1. The van der Waals surface area contributed by atoms with Gasteiger partial charge in [0.05, 0.1) is 12.2 Å². The Morgan fingerprint density at radius 2 is 1.26 bits per heavy atom. The molecule has 0 saturated carbocycles. The second kappa shape index (κ2) is 10.1. The molecule has 1 nitrogen and oxygen atoms in total. The van der Waals surface area contributed by atoms with Gasteiger partial charge in [-0.05, 0) is 83.3 Å². The van der Waals surface area contributed by atoms with E-state index in [2.05, 4.69) is 11.8 Å². The Morgan fingerprint density at radius 3 is 1.94 bits per heavy atom. The first-order valence-corrected chi connectivity index (χ1v) is 10.5. The molecule has 0 amide bonds. The lowest BCUT2D eigenvalue weighted by Gasteiger charge is -2.09. The second-order valence-corrected chi connectivity index (χ2v) is 7.86.